The Morgan fingerprint density at radius 3 is 2.53 bits per heavy atom. The zero-order valence-electron chi connectivity index (χ0n) is 17.6. The van der Waals surface area contributed by atoms with E-state index in [1.54, 1.807) is 6.92 Å². The summed E-state index contributed by atoms with van der Waals surface area (Å²) in [6.45, 7) is 7.81. The first-order valence-corrected chi connectivity index (χ1v) is 10.3. The first-order chi connectivity index (χ1) is 14.5. The highest BCUT2D eigenvalue weighted by atomic mass is 16.5. The molecule has 0 radical (unpaired) electrons. The fourth-order valence-corrected chi connectivity index (χ4v) is 3.86. The predicted molar refractivity (Wildman–Crippen MR) is 110 cm³/mol. The Morgan fingerprint density at radius 1 is 1.20 bits per heavy atom. The molecule has 1 N–H and O–H groups in total. The van der Waals surface area contributed by atoms with Crippen molar-refractivity contribution in [1.82, 2.24) is 25.2 Å². The summed E-state index contributed by atoms with van der Waals surface area (Å²) in [4.78, 5) is 17.3. The molecule has 4 rings (SSSR count). The minimum atomic E-state index is -0.322. The Morgan fingerprint density at radius 2 is 1.93 bits per heavy atom. The quantitative estimate of drug-likeness (QED) is 0.672. The molecule has 1 aliphatic heterocycles. The average molecular weight is 409 g/mol. The van der Waals surface area contributed by atoms with Crippen molar-refractivity contribution in [2.24, 2.45) is 5.92 Å². The van der Waals surface area contributed by atoms with Crippen LogP contribution >= 0.6 is 0 Å². The van der Waals surface area contributed by atoms with Crippen LogP contribution in [0.25, 0.3) is 0 Å². The SMILES string of the molecule is Cc1cc(C)n(Cc2ccc(C(=O)N[C@H](c3nc(C)no3)C3CCOCC3)cc2)n1. The molecule has 0 bridgehead atoms. The number of aryl methyl sites for hydroxylation is 3. The van der Waals surface area contributed by atoms with Gasteiger partial charge in [0.25, 0.3) is 5.91 Å². The van der Waals surface area contributed by atoms with Gasteiger partial charge in [0, 0.05) is 24.5 Å². The summed E-state index contributed by atoms with van der Waals surface area (Å²) < 4.78 is 12.8. The van der Waals surface area contributed by atoms with Gasteiger partial charge in [0.2, 0.25) is 5.89 Å². The van der Waals surface area contributed by atoms with E-state index in [4.69, 9.17) is 9.26 Å². The molecule has 1 amide bonds. The number of nitrogens with one attached hydrogen (secondary N) is 1. The number of hydrogen-bond donors (Lipinski definition) is 1. The summed E-state index contributed by atoms with van der Waals surface area (Å²) in [5.74, 6) is 1.06. The van der Waals surface area contributed by atoms with Crippen LogP contribution < -0.4 is 5.32 Å². The molecule has 1 atom stereocenters. The van der Waals surface area contributed by atoms with Crippen LogP contribution in [0, 0.1) is 26.7 Å². The van der Waals surface area contributed by atoms with E-state index >= 15 is 0 Å². The van der Waals surface area contributed by atoms with Crippen molar-refractivity contribution >= 4 is 5.91 Å². The van der Waals surface area contributed by atoms with E-state index in [0.29, 0.717) is 37.0 Å². The third-order valence-electron chi connectivity index (χ3n) is 5.49. The molecule has 1 aromatic carbocycles. The van der Waals surface area contributed by atoms with Gasteiger partial charge in [0.15, 0.2) is 5.82 Å². The molecule has 1 fully saturated rings. The van der Waals surface area contributed by atoms with Gasteiger partial charge in [-0.25, -0.2) is 0 Å². The van der Waals surface area contributed by atoms with Gasteiger partial charge in [-0.3, -0.25) is 9.48 Å². The molecule has 8 nitrogen and oxygen atoms in total. The lowest BCUT2D eigenvalue weighted by Gasteiger charge is -2.28. The van der Waals surface area contributed by atoms with Gasteiger partial charge in [-0.15, -0.1) is 0 Å². The second-order valence-corrected chi connectivity index (χ2v) is 7.86. The smallest absolute Gasteiger partial charge is 0.251 e. The Hall–Kier alpha value is -3.00. The minimum absolute atomic E-state index is 0.153. The zero-order chi connectivity index (χ0) is 21.1. The highest BCUT2D eigenvalue weighted by Gasteiger charge is 2.31. The number of carbonyl (C=O) groups is 1. The molecule has 1 aliphatic rings. The second-order valence-electron chi connectivity index (χ2n) is 7.86. The van der Waals surface area contributed by atoms with Crippen LogP contribution in [0.15, 0.2) is 34.9 Å². The van der Waals surface area contributed by atoms with Crippen molar-refractivity contribution in [3.05, 3.63) is 64.6 Å². The molecule has 3 aromatic rings. The fraction of sp³-hybridized carbons (Fsp3) is 0.455. The number of benzene rings is 1. The number of carbonyl (C=O) groups excluding carboxylic acids is 1. The van der Waals surface area contributed by atoms with Crippen LogP contribution in [0.2, 0.25) is 0 Å². The summed E-state index contributed by atoms with van der Waals surface area (Å²) >= 11 is 0. The predicted octanol–water partition coefficient (Wildman–Crippen LogP) is 3.14. The maximum Gasteiger partial charge on any atom is 0.251 e. The van der Waals surface area contributed by atoms with E-state index in [9.17, 15) is 4.79 Å². The Labute approximate surface area is 175 Å². The van der Waals surface area contributed by atoms with Crippen LogP contribution in [0.1, 0.15) is 57.9 Å². The lowest BCUT2D eigenvalue weighted by atomic mass is 9.91. The molecule has 0 unspecified atom stereocenters. The molecular weight excluding hydrogens is 382 g/mol. The van der Waals surface area contributed by atoms with E-state index in [1.165, 1.54) is 0 Å². The highest BCUT2D eigenvalue weighted by molar-refractivity contribution is 5.94. The van der Waals surface area contributed by atoms with E-state index in [2.05, 4.69) is 26.6 Å². The number of ether oxygens (including phenoxy) is 1. The number of aromatic nitrogens is 4. The largest absolute Gasteiger partial charge is 0.381 e. The number of amides is 1. The van der Waals surface area contributed by atoms with Crippen LogP contribution in [0.4, 0.5) is 0 Å². The summed E-state index contributed by atoms with van der Waals surface area (Å²) in [6.07, 6.45) is 1.68. The van der Waals surface area contributed by atoms with Crippen LogP contribution in [-0.2, 0) is 11.3 Å². The van der Waals surface area contributed by atoms with E-state index in [0.717, 1.165) is 29.8 Å². The molecule has 0 saturated carbocycles. The van der Waals surface area contributed by atoms with Crippen molar-refractivity contribution in [3.8, 4) is 0 Å². The third kappa shape index (κ3) is 4.59. The normalized spacial score (nSPS) is 15.8. The number of rotatable bonds is 6. The van der Waals surface area contributed by atoms with Gasteiger partial charge in [0.05, 0.1) is 12.2 Å². The maximum atomic E-state index is 13.0. The van der Waals surface area contributed by atoms with Crippen LogP contribution in [0.3, 0.4) is 0 Å². The molecular formula is C22H27N5O3. The maximum absolute atomic E-state index is 13.0. The Kier molecular flexibility index (Phi) is 5.94. The lowest BCUT2D eigenvalue weighted by molar-refractivity contribution is 0.0468. The third-order valence-corrected chi connectivity index (χ3v) is 5.49. The molecule has 158 valence electrons. The van der Waals surface area contributed by atoms with Crippen LogP contribution in [0.5, 0.6) is 0 Å². The average Bonchev–Trinajstić information content (AvgIpc) is 3.31. The van der Waals surface area contributed by atoms with Crippen molar-refractivity contribution in [3.63, 3.8) is 0 Å². The summed E-state index contributed by atoms with van der Waals surface area (Å²) in [6, 6.07) is 9.35. The molecule has 1 saturated heterocycles. The second kappa shape index (κ2) is 8.79. The highest BCUT2D eigenvalue weighted by Crippen LogP contribution is 2.29. The van der Waals surface area contributed by atoms with Gasteiger partial charge < -0.3 is 14.6 Å². The topological polar surface area (TPSA) is 95.1 Å². The Bertz CT molecular complexity index is 1000. The van der Waals surface area contributed by atoms with Crippen molar-refractivity contribution in [2.45, 2.75) is 46.2 Å². The first-order valence-electron chi connectivity index (χ1n) is 10.3. The lowest BCUT2D eigenvalue weighted by Crippen LogP contribution is -2.36. The summed E-state index contributed by atoms with van der Waals surface area (Å²) in [7, 11) is 0. The van der Waals surface area contributed by atoms with Gasteiger partial charge >= 0.3 is 0 Å². The van der Waals surface area contributed by atoms with Gasteiger partial charge in [-0.1, -0.05) is 17.3 Å². The number of hydrogen-bond acceptors (Lipinski definition) is 6. The van der Waals surface area contributed by atoms with E-state index in [-0.39, 0.29) is 17.9 Å². The molecule has 3 heterocycles. The fourth-order valence-electron chi connectivity index (χ4n) is 3.86. The standard InChI is InChI=1S/C22H27N5O3/c1-14-12-15(2)27(25-14)13-17-4-6-19(7-5-17)21(28)24-20(18-8-10-29-11-9-18)22-23-16(3)26-30-22/h4-7,12,18,20H,8-11,13H2,1-3H3,(H,24,28)/t20-/m0/s1. The van der Waals surface area contributed by atoms with Gasteiger partial charge in [0.1, 0.15) is 6.04 Å². The minimum Gasteiger partial charge on any atom is -0.381 e. The molecule has 2 aromatic heterocycles. The van der Waals surface area contributed by atoms with E-state index in [1.807, 2.05) is 42.8 Å². The van der Waals surface area contributed by atoms with E-state index < -0.39 is 0 Å². The monoisotopic (exact) mass is 409 g/mol. The molecule has 8 heteroatoms. The van der Waals surface area contributed by atoms with Crippen molar-refractivity contribution < 1.29 is 14.1 Å². The summed E-state index contributed by atoms with van der Waals surface area (Å²) in [5, 5.41) is 11.5. The molecule has 30 heavy (non-hydrogen) atoms. The summed E-state index contributed by atoms with van der Waals surface area (Å²) in [5.41, 5.74) is 3.80. The zero-order valence-corrected chi connectivity index (χ0v) is 17.6. The Balaban J connectivity index is 1.47. The first kappa shape index (κ1) is 20.3. The number of nitrogens with zero attached hydrogens (tertiary/aromatic N) is 4. The molecule has 0 spiro atoms. The van der Waals surface area contributed by atoms with Crippen molar-refractivity contribution in [1.29, 1.82) is 0 Å². The van der Waals surface area contributed by atoms with Gasteiger partial charge in [-0.05, 0) is 63.3 Å². The van der Waals surface area contributed by atoms with Gasteiger partial charge in [-0.2, -0.15) is 10.1 Å². The van der Waals surface area contributed by atoms with Crippen LogP contribution in [-0.4, -0.2) is 39.0 Å². The molecule has 0 aliphatic carbocycles. The van der Waals surface area contributed by atoms with Crippen molar-refractivity contribution in [2.75, 3.05) is 13.2 Å².